The van der Waals surface area contributed by atoms with Crippen LogP contribution in [0, 0.1) is 6.92 Å². The number of ether oxygens (including phenoxy) is 1. The van der Waals surface area contributed by atoms with Gasteiger partial charge >= 0.3 is 0 Å². The van der Waals surface area contributed by atoms with Gasteiger partial charge in [-0.1, -0.05) is 0 Å². The van der Waals surface area contributed by atoms with Gasteiger partial charge in [0.05, 0.1) is 18.4 Å². The lowest BCUT2D eigenvalue weighted by molar-refractivity contribution is 0.0190. The summed E-state index contributed by atoms with van der Waals surface area (Å²) in [7, 11) is 0. The fourth-order valence-corrected chi connectivity index (χ4v) is 1.39. The van der Waals surface area contributed by atoms with E-state index in [0.717, 1.165) is 32.7 Å². The van der Waals surface area contributed by atoms with Crippen molar-refractivity contribution in [3.63, 3.8) is 0 Å². The predicted molar refractivity (Wildman–Crippen MR) is 51.2 cm³/mol. The lowest BCUT2D eigenvalue weighted by Gasteiger charge is -2.30. The molecule has 0 amide bonds. The highest BCUT2D eigenvalue weighted by atomic mass is 32.1. The average molecular weight is 185 g/mol. The van der Waals surface area contributed by atoms with Gasteiger partial charge in [0.2, 0.25) is 0 Å². The topological polar surface area (TPSA) is 24.8 Å². The molecule has 1 fully saturated rings. The van der Waals surface area contributed by atoms with E-state index >= 15 is 0 Å². The van der Waals surface area contributed by atoms with Crippen LogP contribution in [0.25, 0.3) is 0 Å². The van der Waals surface area contributed by atoms with Crippen LogP contribution in [0.5, 0.6) is 0 Å². The van der Waals surface area contributed by atoms with Crippen molar-refractivity contribution in [2.24, 2.45) is 4.99 Å². The first-order valence-electron chi connectivity index (χ1n) is 4.06. The molecule has 3 nitrogen and oxygen atoms in total. The normalized spacial score (nSPS) is 21.4. The molecule has 1 saturated heterocycles. The Morgan fingerprint density at radius 2 is 2.25 bits per heavy atom. The van der Waals surface area contributed by atoms with E-state index < -0.39 is 0 Å². The summed E-state index contributed by atoms with van der Waals surface area (Å²) in [5.74, 6) is 0. The van der Waals surface area contributed by atoms with Crippen LogP contribution in [0.15, 0.2) is 4.99 Å². The van der Waals surface area contributed by atoms with Crippen LogP contribution in [-0.4, -0.2) is 42.5 Å². The van der Waals surface area contributed by atoms with Gasteiger partial charge in [-0.15, -0.1) is 0 Å². The number of thiocarbonyl (C=S) groups is 1. The molecule has 0 aromatic heterocycles. The molecule has 67 valence electrons. The molecule has 1 aliphatic rings. The Morgan fingerprint density at radius 3 is 2.75 bits per heavy atom. The van der Waals surface area contributed by atoms with E-state index in [2.05, 4.69) is 34.2 Å². The highest BCUT2D eigenvalue weighted by Crippen LogP contribution is 2.07. The van der Waals surface area contributed by atoms with Crippen molar-refractivity contribution in [1.29, 1.82) is 0 Å². The summed E-state index contributed by atoms with van der Waals surface area (Å²) in [5, 5.41) is 2.40. The SMILES string of the molecule is [CH2]CC(N=C=S)N1CCOCC1. The summed E-state index contributed by atoms with van der Waals surface area (Å²) in [6.45, 7) is 7.21. The quantitative estimate of drug-likeness (QED) is 0.484. The first-order valence-corrected chi connectivity index (χ1v) is 4.47. The van der Waals surface area contributed by atoms with E-state index in [1.807, 2.05) is 0 Å². The zero-order valence-corrected chi connectivity index (χ0v) is 7.85. The maximum absolute atomic E-state index is 5.22. The maximum atomic E-state index is 5.22. The second kappa shape index (κ2) is 5.38. The Balaban J connectivity index is 2.45. The van der Waals surface area contributed by atoms with Gasteiger partial charge in [0.1, 0.15) is 6.17 Å². The molecule has 0 N–H and O–H groups in total. The predicted octanol–water partition coefficient (Wildman–Crippen LogP) is 0.972. The van der Waals surface area contributed by atoms with Crippen molar-refractivity contribution in [3.8, 4) is 0 Å². The molecule has 1 aliphatic heterocycles. The van der Waals surface area contributed by atoms with Gasteiger partial charge in [-0.3, -0.25) is 4.90 Å². The maximum Gasteiger partial charge on any atom is 0.112 e. The zero-order valence-electron chi connectivity index (χ0n) is 7.03. The van der Waals surface area contributed by atoms with Gasteiger partial charge in [-0.2, -0.15) is 0 Å². The van der Waals surface area contributed by atoms with E-state index in [-0.39, 0.29) is 6.17 Å². The molecule has 0 bridgehead atoms. The molecule has 1 unspecified atom stereocenters. The van der Waals surface area contributed by atoms with Crippen LogP contribution in [0.3, 0.4) is 0 Å². The lowest BCUT2D eigenvalue weighted by Crippen LogP contribution is -2.42. The standard InChI is InChI=1S/C8H13N2OS/c1-2-8(9-7-12)10-3-5-11-6-4-10/h8H,1-6H2. The first kappa shape index (κ1) is 9.81. The summed E-state index contributed by atoms with van der Waals surface area (Å²) in [4.78, 5) is 6.26. The van der Waals surface area contributed by atoms with Crippen molar-refractivity contribution in [1.82, 2.24) is 4.90 Å². The van der Waals surface area contributed by atoms with E-state index in [9.17, 15) is 0 Å². The minimum absolute atomic E-state index is 0.103. The van der Waals surface area contributed by atoms with Gasteiger partial charge in [0.15, 0.2) is 0 Å². The van der Waals surface area contributed by atoms with Gasteiger partial charge in [-0.25, -0.2) is 4.99 Å². The second-order valence-electron chi connectivity index (χ2n) is 2.64. The Hall–Kier alpha value is -0.280. The van der Waals surface area contributed by atoms with E-state index in [4.69, 9.17) is 4.74 Å². The molecule has 0 aliphatic carbocycles. The average Bonchev–Trinajstić information content (AvgIpc) is 2.15. The molecule has 0 saturated carbocycles. The molecule has 4 heteroatoms. The Kier molecular flexibility index (Phi) is 4.40. The van der Waals surface area contributed by atoms with Crippen LogP contribution in [0.1, 0.15) is 6.42 Å². The van der Waals surface area contributed by atoms with Crippen LogP contribution >= 0.6 is 12.2 Å². The largest absolute Gasteiger partial charge is 0.379 e. The fraction of sp³-hybridized carbons (Fsp3) is 0.750. The Labute approximate surface area is 78.4 Å². The minimum atomic E-state index is 0.103. The molecule has 0 spiro atoms. The van der Waals surface area contributed by atoms with Crippen LogP contribution in [0.2, 0.25) is 0 Å². The van der Waals surface area contributed by atoms with Crippen molar-refractivity contribution in [2.75, 3.05) is 26.3 Å². The summed E-state index contributed by atoms with van der Waals surface area (Å²) < 4.78 is 5.22. The molecular weight excluding hydrogens is 172 g/mol. The summed E-state index contributed by atoms with van der Waals surface area (Å²) >= 11 is 4.56. The Morgan fingerprint density at radius 1 is 1.58 bits per heavy atom. The van der Waals surface area contributed by atoms with Gasteiger partial charge < -0.3 is 4.74 Å². The summed E-state index contributed by atoms with van der Waals surface area (Å²) in [5.41, 5.74) is 0. The monoisotopic (exact) mass is 185 g/mol. The number of nitrogens with zero attached hydrogens (tertiary/aromatic N) is 2. The van der Waals surface area contributed by atoms with Crippen LogP contribution < -0.4 is 0 Å². The van der Waals surface area contributed by atoms with Gasteiger partial charge in [-0.05, 0) is 25.6 Å². The minimum Gasteiger partial charge on any atom is -0.379 e. The molecule has 1 atom stereocenters. The van der Waals surface area contributed by atoms with Crippen LogP contribution in [0.4, 0.5) is 0 Å². The number of isothiocyanates is 1. The van der Waals surface area contributed by atoms with Crippen molar-refractivity contribution in [2.45, 2.75) is 12.6 Å². The van der Waals surface area contributed by atoms with E-state index in [1.54, 1.807) is 0 Å². The summed E-state index contributed by atoms with van der Waals surface area (Å²) in [6, 6.07) is 0. The van der Waals surface area contributed by atoms with Gasteiger partial charge in [0.25, 0.3) is 0 Å². The first-order chi connectivity index (χ1) is 5.88. The number of aliphatic imine (C=N–C) groups is 1. The number of rotatable bonds is 3. The third-order valence-corrected chi connectivity index (χ3v) is 2.03. The second-order valence-corrected chi connectivity index (χ2v) is 2.82. The third kappa shape index (κ3) is 2.64. The van der Waals surface area contributed by atoms with Crippen molar-refractivity contribution in [3.05, 3.63) is 6.92 Å². The molecule has 1 radical (unpaired) electrons. The van der Waals surface area contributed by atoms with Crippen LogP contribution in [-0.2, 0) is 4.74 Å². The van der Waals surface area contributed by atoms with Gasteiger partial charge in [0, 0.05) is 13.1 Å². The van der Waals surface area contributed by atoms with Crippen molar-refractivity contribution >= 4 is 17.4 Å². The molecule has 1 rings (SSSR count). The smallest absolute Gasteiger partial charge is 0.112 e. The highest BCUT2D eigenvalue weighted by molar-refractivity contribution is 7.78. The third-order valence-electron chi connectivity index (χ3n) is 1.93. The molecule has 12 heavy (non-hydrogen) atoms. The number of hydrogen-bond donors (Lipinski definition) is 0. The van der Waals surface area contributed by atoms with Crippen molar-refractivity contribution < 1.29 is 4.74 Å². The Bertz CT molecular complexity index is 174. The molecule has 0 aromatic carbocycles. The summed E-state index contributed by atoms with van der Waals surface area (Å²) in [6.07, 6.45) is 0.843. The van der Waals surface area contributed by atoms with E-state index in [1.165, 1.54) is 0 Å². The lowest BCUT2D eigenvalue weighted by atomic mass is 10.3. The zero-order chi connectivity index (χ0) is 8.81. The highest BCUT2D eigenvalue weighted by Gasteiger charge is 2.17. The number of morpholine rings is 1. The molecule has 1 heterocycles. The van der Waals surface area contributed by atoms with E-state index in [0.29, 0.717) is 0 Å². The molecular formula is C8H13N2OS. The molecule has 0 aromatic rings. The number of hydrogen-bond acceptors (Lipinski definition) is 4. The fourth-order valence-electron chi connectivity index (χ4n) is 1.27.